The molecule has 2 heterocycles. The predicted molar refractivity (Wildman–Crippen MR) is 88.2 cm³/mol. The molecule has 1 saturated heterocycles. The third kappa shape index (κ3) is 4.70. The Labute approximate surface area is 133 Å². The molecule has 1 aliphatic heterocycles. The lowest BCUT2D eigenvalue weighted by molar-refractivity contribution is 0.00161. The first-order valence-corrected chi connectivity index (χ1v) is 8.22. The Bertz CT molecular complexity index is 499. The highest BCUT2D eigenvalue weighted by molar-refractivity contribution is 5.89. The zero-order valence-electron chi connectivity index (χ0n) is 13.9. The van der Waals surface area contributed by atoms with Gasteiger partial charge in [0.2, 0.25) is 0 Å². The van der Waals surface area contributed by atoms with Crippen molar-refractivity contribution in [3.8, 4) is 0 Å². The first-order chi connectivity index (χ1) is 10.6. The van der Waals surface area contributed by atoms with E-state index in [4.69, 9.17) is 4.74 Å². The van der Waals surface area contributed by atoms with Gasteiger partial charge in [-0.2, -0.15) is 0 Å². The van der Waals surface area contributed by atoms with Crippen LogP contribution in [0, 0.1) is 13.8 Å². The van der Waals surface area contributed by atoms with Crippen molar-refractivity contribution in [2.75, 3.05) is 25.0 Å². The van der Waals surface area contributed by atoms with Gasteiger partial charge in [0.05, 0.1) is 17.5 Å². The van der Waals surface area contributed by atoms with Crippen LogP contribution >= 0.6 is 0 Å². The molecule has 0 spiro atoms. The number of pyridine rings is 1. The number of hydrogen-bond donors (Lipinski definition) is 1. The minimum atomic E-state index is -0.0650. The van der Waals surface area contributed by atoms with Crippen molar-refractivity contribution in [2.24, 2.45) is 0 Å². The van der Waals surface area contributed by atoms with Crippen LogP contribution < -0.4 is 5.32 Å². The Balaban J connectivity index is 1.98. The standard InChI is InChI=1S/C17H27N3O2/c1-4-10-20(12-15-7-5-6-11-22-15)17(21)19-16-9-8-13(2)18-14(16)3/h8-9,15H,4-7,10-12H2,1-3H3,(H,19,21). The van der Waals surface area contributed by atoms with E-state index >= 15 is 0 Å². The highest BCUT2D eigenvalue weighted by Crippen LogP contribution is 2.16. The van der Waals surface area contributed by atoms with E-state index < -0.39 is 0 Å². The topological polar surface area (TPSA) is 54.5 Å². The maximum Gasteiger partial charge on any atom is 0.321 e. The number of nitrogens with one attached hydrogen (secondary N) is 1. The molecule has 0 saturated carbocycles. The monoisotopic (exact) mass is 305 g/mol. The van der Waals surface area contributed by atoms with Crippen LogP contribution in [0.3, 0.4) is 0 Å². The lowest BCUT2D eigenvalue weighted by Gasteiger charge is -2.30. The van der Waals surface area contributed by atoms with Crippen molar-refractivity contribution in [3.63, 3.8) is 0 Å². The van der Waals surface area contributed by atoms with E-state index in [1.165, 1.54) is 6.42 Å². The molecule has 1 atom stereocenters. The Morgan fingerprint density at radius 1 is 1.41 bits per heavy atom. The number of rotatable bonds is 5. The Hall–Kier alpha value is -1.62. The van der Waals surface area contributed by atoms with Crippen LogP contribution in [0.1, 0.15) is 44.0 Å². The number of aryl methyl sites for hydroxylation is 2. The van der Waals surface area contributed by atoms with Gasteiger partial charge in [-0.15, -0.1) is 0 Å². The molecule has 0 radical (unpaired) electrons. The number of urea groups is 1. The van der Waals surface area contributed by atoms with Crippen LogP contribution in [-0.2, 0) is 4.74 Å². The third-order valence-corrected chi connectivity index (χ3v) is 3.95. The van der Waals surface area contributed by atoms with Crippen LogP contribution in [0.5, 0.6) is 0 Å². The van der Waals surface area contributed by atoms with Gasteiger partial charge in [-0.25, -0.2) is 4.79 Å². The summed E-state index contributed by atoms with van der Waals surface area (Å²) in [5.41, 5.74) is 2.58. The Morgan fingerprint density at radius 3 is 2.86 bits per heavy atom. The molecule has 5 heteroatoms. The zero-order valence-corrected chi connectivity index (χ0v) is 13.9. The highest BCUT2D eigenvalue weighted by Gasteiger charge is 2.21. The highest BCUT2D eigenvalue weighted by atomic mass is 16.5. The van der Waals surface area contributed by atoms with E-state index in [1.807, 2.05) is 30.9 Å². The molecular formula is C17H27N3O2. The molecule has 1 aromatic heterocycles. The second-order valence-corrected chi connectivity index (χ2v) is 5.95. The minimum Gasteiger partial charge on any atom is -0.376 e. The summed E-state index contributed by atoms with van der Waals surface area (Å²) < 4.78 is 5.76. The minimum absolute atomic E-state index is 0.0650. The lowest BCUT2D eigenvalue weighted by Crippen LogP contribution is -2.42. The molecule has 2 rings (SSSR count). The number of carbonyl (C=O) groups is 1. The fraction of sp³-hybridized carbons (Fsp3) is 0.647. The van der Waals surface area contributed by atoms with E-state index in [-0.39, 0.29) is 12.1 Å². The summed E-state index contributed by atoms with van der Waals surface area (Å²) >= 11 is 0. The Morgan fingerprint density at radius 2 is 2.23 bits per heavy atom. The van der Waals surface area contributed by atoms with Crippen LogP contribution in [0.2, 0.25) is 0 Å². The van der Waals surface area contributed by atoms with Crippen LogP contribution in [-0.4, -0.2) is 41.7 Å². The maximum atomic E-state index is 12.5. The Kier molecular flexibility index (Phi) is 6.19. The average Bonchev–Trinajstić information content (AvgIpc) is 2.50. The SMILES string of the molecule is CCCN(CC1CCCCO1)C(=O)Nc1ccc(C)nc1C. The summed E-state index contributed by atoms with van der Waals surface area (Å²) in [4.78, 5) is 18.8. The summed E-state index contributed by atoms with van der Waals surface area (Å²) in [6.07, 6.45) is 4.46. The molecule has 122 valence electrons. The van der Waals surface area contributed by atoms with Crippen molar-refractivity contribution in [3.05, 3.63) is 23.5 Å². The van der Waals surface area contributed by atoms with Gasteiger partial charge >= 0.3 is 6.03 Å². The molecule has 5 nitrogen and oxygen atoms in total. The molecule has 0 bridgehead atoms. The molecule has 1 N–H and O–H groups in total. The van der Waals surface area contributed by atoms with E-state index in [0.717, 1.165) is 49.5 Å². The van der Waals surface area contributed by atoms with Crippen LogP contribution in [0.4, 0.5) is 10.5 Å². The molecule has 1 fully saturated rings. The molecule has 0 aliphatic carbocycles. The fourth-order valence-corrected chi connectivity index (χ4v) is 2.76. The zero-order chi connectivity index (χ0) is 15.9. The molecule has 1 unspecified atom stereocenters. The number of ether oxygens (including phenoxy) is 1. The van der Waals surface area contributed by atoms with Gasteiger partial charge in [0.1, 0.15) is 0 Å². The first-order valence-electron chi connectivity index (χ1n) is 8.22. The molecule has 22 heavy (non-hydrogen) atoms. The second kappa shape index (κ2) is 8.13. The summed E-state index contributed by atoms with van der Waals surface area (Å²) in [7, 11) is 0. The van der Waals surface area contributed by atoms with Gasteiger partial charge < -0.3 is 15.0 Å². The largest absolute Gasteiger partial charge is 0.376 e. The van der Waals surface area contributed by atoms with E-state index in [2.05, 4.69) is 17.2 Å². The van der Waals surface area contributed by atoms with Gasteiger partial charge in [0.25, 0.3) is 0 Å². The molecule has 1 aliphatic rings. The van der Waals surface area contributed by atoms with Gasteiger partial charge in [0.15, 0.2) is 0 Å². The van der Waals surface area contributed by atoms with E-state index in [0.29, 0.717) is 6.54 Å². The molecule has 0 aromatic carbocycles. The summed E-state index contributed by atoms with van der Waals surface area (Å²) in [6, 6.07) is 3.76. The third-order valence-electron chi connectivity index (χ3n) is 3.95. The quantitative estimate of drug-likeness (QED) is 0.905. The van der Waals surface area contributed by atoms with Crippen LogP contribution in [0.15, 0.2) is 12.1 Å². The first kappa shape index (κ1) is 16.7. The van der Waals surface area contributed by atoms with Crippen molar-refractivity contribution in [2.45, 2.75) is 52.6 Å². The van der Waals surface area contributed by atoms with Gasteiger partial charge in [-0.1, -0.05) is 6.92 Å². The van der Waals surface area contributed by atoms with E-state index in [9.17, 15) is 4.79 Å². The number of hydrogen-bond acceptors (Lipinski definition) is 3. The normalized spacial score (nSPS) is 18.0. The predicted octanol–water partition coefficient (Wildman–Crippen LogP) is 3.51. The number of anilines is 1. The van der Waals surface area contributed by atoms with Crippen molar-refractivity contribution >= 4 is 11.7 Å². The lowest BCUT2D eigenvalue weighted by atomic mass is 10.1. The van der Waals surface area contributed by atoms with Crippen LogP contribution in [0.25, 0.3) is 0 Å². The molecule has 2 amide bonds. The second-order valence-electron chi connectivity index (χ2n) is 5.95. The smallest absolute Gasteiger partial charge is 0.321 e. The fourth-order valence-electron chi connectivity index (χ4n) is 2.76. The van der Waals surface area contributed by atoms with Crippen molar-refractivity contribution in [1.29, 1.82) is 0 Å². The average molecular weight is 305 g/mol. The van der Waals surface area contributed by atoms with Crippen molar-refractivity contribution in [1.82, 2.24) is 9.88 Å². The summed E-state index contributed by atoms with van der Waals surface area (Å²) in [5, 5.41) is 2.98. The molecular weight excluding hydrogens is 278 g/mol. The van der Waals surface area contributed by atoms with E-state index in [1.54, 1.807) is 0 Å². The molecule has 1 aromatic rings. The number of carbonyl (C=O) groups excluding carboxylic acids is 1. The summed E-state index contributed by atoms with van der Waals surface area (Å²) in [5.74, 6) is 0. The summed E-state index contributed by atoms with van der Waals surface area (Å²) in [6.45, 7) is 8.16. The number of nitrogens with zero attached hydrogens (tertiary/aromatic N) is 2. The number of aromatic nitrogens is 1. The van der Waals surface area contributed by atoms with Gasteiger partial charge in [-0.05, 0) is 51.7 Å². The number of amides is 2. The maximum absolute atomic E-state index is 12.5. The van der Waals surface area contributed by atoms with Crippen molar-refractivity contribution < 1.29 is 9.53 Å². The van der Waals surface area contributed by atoms with Gasteiger partial charge in [0, 0.05) is 25.4 Å². The van der Waals surface area contributed by atoms with Gasteiger partial charge in [-0.3, -0.25) is 4.98 Å².